The van der Waals surface area contributed by atoms with Crippen LogP contribution in [0, 0.1) is 0 Å². The number of hydrogen-bond acceptors (Lipinski definition) is 4. The molecule has 0 spiro atoms. The Morgan fingerprint density at radius 3 is 2.84 bits per heavy atom. The third-order valence-electron chi connectivity index (χ3n) is 2.38. The average Bonchev–Trinajstić information content (AvgIpc) is 2.40. The summed E-state index contributed by atoms with van der Waals surface area (Å²) in [4.78, 5) is 11.6. The van der Waals surface area contributed by atoms with Gasteiger partial charge in [-0.25, -0.2) is 0 Å². The van der Waals surface area contributed by atoms with Crippen LogP contribution < -0.4 is 10.1 Å². The largest absolute Gasteiger partial charge is 0.491 e. The molecule has 0 fully saturated rings. The number of carbonyl (C=O) groups is 1. The molecule has 1 amide bonds. The van der Waals surface area contributed by atoms with Crippen LogP contribution in [-0.4, -0.2) is 44.0 Å². The van der Waals surface area contributed by atoms with Crippen molar-refractivity contribution in [2.45, 2.75) is 12.5 Å². The Hall–Kier alpha value is -1.30. The van der Waals surface area contributed by atoms with E-state index in [1.54, 1.807) is 18.2 Å². The van der Waals surface area contributed by atoms with Gasteiger partial charge < -0.3 is 19.9 Å². The first kappa shape index (κ1) is 15.8. The number of methoxy groups -OCH3 is 1. The summed E-state index contributed by atoms with van der Waals surface area (Å²) in [6, 6.07) is 6.68. The van der Waals surface area contributed by atoms with Crippen molar-refractivity contribution in [1.82, 2.24) is 5.32 Å². The number of para-hydroxylation sites is 1. The molecule has 6 heteroatoms. The molecule has 0 heterocycles. The van der Waals surface area contributed by atoms with E-state index in [2.05, 4.69) is 5.32 Å². The Labute approximate surface area is 117 Å². The van der Waals surface area contributed by atoms with Gasteiger partial charge in [0, 0.05) is 7.11 Å². The molecule has 0 aliphatic heterocycles. The van der Waals surface area contributed by atoms with Crippen molar-refractivity contribution in [2.75, 3.05) is 26.9 Å². The zero-order valence-corrected chi connectivity index (χ0v) is 11.5. The topological polar surface area (TPSA) is 67.8 Å². The molecule has 0 aromatic heterocycles. The SMILES string of the molecule is COCC(CO)NC(=O)CCOc1ccccc1Cl. The van der Waals surface area contributed by atoms with Gasteiger partial charge in [0.1, 0.15) is 5.75 Å². The number of benzene rings is 1. The number of nitrogens with one attached hydrogen (secondary N) is 1. The molecule has 0 aliphatic rings. The van der Waals surface area contributed by atoms with Crippen LogP contribution in [0.5, 0.6) is 5.75 Å². The molecule has 0 radical (unpaired) electrons. The molecule has 1 aromatic carbocycles. The van der Waals surface area contributed by atoms with E-state index in [0.717, 1.165) is 0 Å². The molecular weight excluding hydrogens is 270 g/mol. The summed E-state index contributed by atoms with van der Waals surface area (Å²) >= 11 is 5.91. The standard InChI is InChI=1S/C13H18ClNO4/c1-18-9-10(8-16)15-13(17)6-7-19-12-5-3-2-4-11(12)14/h2-5,10,16H,6-9H2,1H3,(H,15,17). The lowest BCUT2D eigenvalue weighted by Crippen LogP contribution is -2.41. The van der Waals surface area contributed by atoms with Gasteiger partial charge in [0.15, 0.2) is 0 Å². The zero-order valence-electron chi connectivity index (χ0n) is 10.8. The first-order valence-corrected chi connectivity index (χ1v) is 6.31. The molecule has 1 unspecified atom stereocenters. The summed E-state index contributed by atoms with van der Waals surface area (Å²) in [6.07, 6.45) is 0.186. The Morgan fingerprint density at radius 2 is 2.21 bits per heavy atom. The highest BCUT2D eigenvalue weighted by Gasteiger charge is 2.11. The van der Waals surface area contributed by atoms with Crippen LogP contribution in [-0.2, 0) is 9.53 Å². The van der Waals surface area contributed by atoms with Crippen LogP contribution in [0.3, 0.4) is 0 Å². The number of ether oxygens (including phenoxy) is 2. The van der Waals surface area contributed by atoms with Gasteiger partial charge in [0.2, 0.25) is 5.91 Å². The maximum absolute atomic E-state index is 11.6. The maximum atomic E-state index is 11.6. The van der Waals surface area contributed by atoms with Gasteiger partial charge in [0.05, 0.1) is 37.3 Å². The molecule has 2 N–H and O–H groups in total. The van der Waals surface area contributed by atoms with E-state index in [1.807, 2.05) is 6.07 Å². The molecule has 0 aliphatic carbocycles. The molecular formula is C13H18ClNO4. The number of aliphatic hydroxyl groups is 1. The van der Waals surface area contributed by atoms with Gasteiger partial charge in [-0.05, 0) is 12.1 Å². The molecule has 1 atom stereocenters. The van der Waals surface area contributed by atoms with Crippen molar-refractivity contribution in [1.29, 1.82) is 0 Å². The van der Waals surface area contributed by atoms with Crippen molar-refractivity contribution in [2.24, 2.45) is 0 Å². The smallest absolute Gasteiger partial charge is 0.223 e. The van der Waals surface area contributed by atoms with Crippen molar-refractivity contribution >= 4 is 17.5 Å². The lowest BCUT2D eigenvalue weighted by Gasteiger charge is -2.15. The van der Waals surface area contributed by atoms with Crippen LogP contribution in [0.4, 0.5) is 0 Å². The van der Waals surface area contributed by atoms with Gasteiger partial charge in [-0.15, -0.1) is 0 Å². The van der Waals surface area contributed by atoms with Gasteiger partial charge in [-0.3, -0.25) is 4.79 Å². The predicted octanol–water partition coefficient (Wildman–Crippen LogP) is 1.23. The number of aliphatic hydroxyl groups excluding tert-OH is 1. The molecule has 0 saturated heterocycles. The molecule has 106 valence electrons. The van der Waals surface area contributed by atoms with Gasteiger partial charge in [-0.2, -0.15) is 0 Å². The quantitative estimate of drug-likeness (QED) is 0.755. The highest BCUT2D eigenvalue weighted by molar-refractivity contribution is 6.32. The minimum atomic E-state index is -0.391. The van der Waals surface area contributed by atoms with E-state index in [-0.39, 0.29) is 32.1 Å². The number of rotatable bonds is 8. The minimum absolute atomic E-state index is 0.162. The van der Waals surface area contributed by atoms with Crippen LogP contribution in [0.2, 0.25) is 5.02 Å². The van der Waals surface area contributed by atoms with Crippen molar-refractivity contribution in [3.05, 3.63) is 29.3 Å². The first-order valence-electron chi connectivity index (χ1n) is 5.94. The van der Waals surface area contributed by atoms with Crippen molar-refractivity contribution < 1.29 is 19.4 Å². The van der Waals surface area contributed by atoms with Crippen molar-refractivity contribution in [3.8, 4) is 5.75 Å². The second kappa shape index (κ2) is 8.74. The molecule has 5 nitrogen and oxygen atoms in total. The van der Waals surface area contributed by atoms with Crippen LogP contribution in [0.1, 0.15) is 6.42 Å². The first-order chi connectivity index (χ1) is 9.17. The summed E-state index contributed by atoms with van der Waals surface area (Å²) in [6.45, 7) is 0.333. The minimum Gasteiger partial charge on any atom is -0.491 e. The fraction of sp³-hybridized carbons (Fsp3) is 0.462. The Kier molecular flexibility index (Phi) is 7.25. The van der Waals surface area contributed by atoms with Crippen LogP contribution >= 0.6 is 11.6 Å². The molecule has 19 heavy (non-hydrogen) atoms. The summed E-state index contributed by atoms with van der Waals surface area (Å²) in [7, 11) is 1.51. The monoisotopic (exact) mass is 287 g/mol. The maximum Gasteiger partial charge on any atom is 0.223 e. The number of hydrogen-bond donors (Lipinski definition) is 2. The van der Waals surface area contributed by atoms with Crippen molar-refractivity contribution in [3.63, 3.8) is 0 Å². The normalized spacial score (nSPS) is 11.9. The van der Waals surface area contributed by atoms with E-state index in [9.17, 15) is 4.79 Å². The fourth-order valence-corrected chi connectivity index (χ4v) is 1.65. The van der Waals surface area contributed by atoms with Gasteiger partial charge >= 0.3 is 0 Å². The lowest BCUT2D eigenvalue weighted by molar-refractivity contribution is -0.123. The summed E-state index contributed by atoms with van der Waals surface area (Å²) in [5.74, 6) is 0.343. The van der Waals surface area contributed by atoms with E-state index < -0.39 is 6.04 Å². The summed E-state index contributed by atoms with van der Waals surface area (Å²) in [5, 5.41) is 12.2. The Balaban J connectivity index is 2.29. The molecule has 0 bridgehead atoms. The number of halogens is 1. The predicted molar refractivity (Wildman–Crippen MR) is 72.5 cm³/mol. The third kappa shape index (κ3) is 5.92. The van der Waals surface area contributed by atoms with Gasteiger partial charge in [0.25, 0.3) is 0 Å². The van der Waals surface area contributed by atoms with E-state index in [4.69, 9.17) is 26.2 Å². The number of amides is 1. The summed E-state index contributed by atoms with van der Waals surface area (Å²) in [5.41, 5.74) is 0. The Morgan fingerprint density at radius 1 is 1.47 bits per heavy atom. The Bertz CT molecular complexity index is 400. The van der Waals surface area contributed by atoms with E-state index >= 15 is 0 Å². The fourth-order valence-electron chi connectivity index (χ4n) is 1.46. The second-order valence-corrected chi connectivity index (χ2v) is 4.34. The molecule has 1 rings (SSSR count). The zero-order chi connectivity index (χ0) is 14.1. The van der Waals surface area contributed by atoms with Crippen LogP contribution in [0.15, 0.2) is 24.3 Å². The van der Waals surface area contributed by atoms with Crippen LogP contribution in [0.25, 0.3) is 0 Å². The lowest BCUT2D eigenvalue weighted by atomic mass is 10.3. The van der Waals surface area contributed by atoms with Gasteiger partial charge in [-0.1, -0.05) is 23.7 Å². The summed E-state index contributed by atoms with van der Waals surface area (Å²) < 4.78 is 10.3. The molecule has 1 aromatic rings. The molecule has 0 saturated carbocycles. The third-order valence-corrected chi connectivity index (χ3v) is 2.69. The van der Waals surface area contributed by atoms with E-state index in [0.29, 0.717) is 10.8 Å². The number of carbonyl (C=O) groups excluding carboxylic acids is 1. The second-order valence-electron chi connectivity index (χ2n) is 3.93. The van der Waals surface area contributed by atoms with E-state index in [1.165, 1.54) is 7.11 Å². The average molecular weight is 288 g/mol. The highest BCUT2D eigenvalue weighted by atomic mass is 35.5. The highest BCUT2D eigenvalue weighted by Crippen LogP contribution is 2.22.